The molecular weight excluding hydrogens is 276 g/mol. The van der Waals surface area contributed by atoms with Gasteiger partial charge >= 0.3 is 6.03 Å². The highest BCUT2D eigenvalue weighted by Gasteiger charge is 2.41. The largest absolute Gasteiger partial charge is 0.332 e. The molecule has 1 aromatic rings. The monoisotopic (exact) mass is 292 g/mol. The van der Waals surface area contributed by atoms with E-state index in [4.69, 9.17) is 0 Å². The number of carbonyl (C=O) groups excluding carboxylic acids is 3. The molecule has 1 aliphatic heterocycles. The average molecular weight is 292 g/mol. The van der Waals surface area contributed by atoms with E-state index < -0.39 is 23.8 Å². The van der Waals surface area contributed by atoms with Crippen molar-refractivity contribution >= 4 is 29.6 Å². The molecule has 106 valence electrons. The average Bonchev–Trinajstić information content (AvgIpc) is 2.48. The molecule has 0 radical (unpaired) electrons. The molecule has 4 amide bonds. The lowest BCUT2D eigenvalue weighted by Crippen LogP contribution is -2.56. The molecule has 0 unspecified atom stereocenters. The van der Waals surface area contributed by atoms with Crippen molar-refractivity contribution < 1.29 is 14.4 Å². The van der Waals surface area contributed by atoms with Gasteiger partial charge in [0.15, 0.2) is 0 Å². The Morgan fingerprint density at radius 3 is 2.10 bits per heavy atom. The minimum Gasteiger partial charge on any atom is -0.273 e. The molecule has 0 aromatic heterocycles. The molecule has 2 rings (SSSR count). The van der Waals surface area contributed by atoms with Crippen LogP contribution >= 0.6 is 11.8 Å². The molecule has 5 nitrogen and oxygen atoms in total. The summed E-state index contributed by atoms with van der Waals surface area (Å²) in [5.41, 5.74) is 0. The number of thioether (sulfide) groups is 1. The number of benzene rings is 1. The Bertz CT molecular complexity index is 508. The van der Waals surface area contributed by atoms with Crippen LogP contribution in [0.4, 0.5) is 4.79 Å². The van der Waals surface area contributed by atoms with Crippen LogP contribution in [0.15, 0.2) is 35.2 Å². The van der Waals surface area contributed by atoms with Crippen molar-refractivity contribution in [3.8, 4) is 0 Å². The summed E-state index contributed by atoms with van der Waals surface area (Å²) in [4.78, 5) is 38.7. The summed E-state index contributed by atoms with van der Waals surface area (Å²) in [7, 11) is 2.82. The van der Waals surface area contributed by atoms with E-state index in [1.54, 1.807) is 11.8 Å². The molecule has 1 fully saturated rings. The predicted octanol–water partition coefficient (Wildman–Crippen LogP) is 1.84. The zero-order chi connectivity index (χ0) is 14.7. The lowest BCUT2D eigenvalue weighted by Gasteiger charge is -2.32. The van der Waals surface area contributed by atoms with Gasteiger partial charge in [0.25, 0.3) is 0 Å². The van der Waals surface area contributed by atoms with Crippen LogP contribution in [-0.2, 0) is 9.59 Å². The molecule has 0 aliphatic carbocycles. The molecular formula is C14H16N2O3S. The quantitative estimate of drug-likeness (QED) is 0.627. The lowest BCUT2D eigenvalue weighted by atomic mass is 10.0. The van der Waals surface area contributed by atoms with E-state index >= 15 is 0 Å². The van der Waals surface area contributed by atoms with Gasteiger partial charge in [-0.2, -0.15) is 0 Å². The number of hydrogen-bond acceptors (Lipinski definition) is 4. The molecule has 0 bridgehead atoms. The van der Waals surface area contributed by atoms with Gasteiger partial charge in [-0.15, -0.1) is 11.8 Å². The van der Waals surface area contributed by atoms with E-state index in [9.17, 15) is 14.4 Å². The van der Waals surface area contributed by atoms with Crippen molar-refractivity contribution in [3.05, 3.63) is 30.3 Å². The smallest absolute Gasteiger partial charge is 0.273 e. The summed E-state index contributed by atoms with van der Waals surface area (Å²) >= 11 is 1.59. The molecule has 0 saturated carbocycles. The van der Waals surface area contributed by atoms with Crippen LogP contribution in [0.1, 0.15) is 6.42 Å². The summed E-state index contributed by atoms with van der Waals surface area (Å²) in [6.07, 6.45) is 0.430. The van der Waals surface area contributed by atoms with E-state index in [2.05, 4.69) is 0 Å². The van der Waals surface area contributed by atoms with Crippen molar-refractivity contribution in [3.63, 3.8) is 0 Å². The Morgan fingerprint density at radius 1 is 1.00 bits per heavy atom. The van der Waals surface area contributed by atoms with Gasteiger partial charge < -0.3 is 0 Å². The van der Waals surface area contributed by atoms with Crippen molar-refractivity contribution in [1.29, 1.82) is 0 Å². The van der Waals surface area contributed by atoms with Gasteiger partial charge in [-0.05, 0) is 24.3 Å². The number of nitrogens with zero attached hydrogens (tertiary/aromatic N) is 2. The fourth-order valence-corrected chi connectivity index (χ4v) is 2.98. The van der Waals surface area contributed by atoms with Gasteiger partial charge in [-0.25, -0.2) is 4.79 Å². The Balaban J connectivity index is 1.96. The second-order valence-electron chi connectivity index (χ2n) is 4.58. The molecule has 1 heterocycles. The minimum atomic E-state index is -0.751. The lowest BCUT2D eigenvalue weighted by molar-refractivity contribution is -0.147. The fourth-order valence-electron chi connectivity index (χ4n) is 2.04. The third-order valence-electron chi connectivity index (χ3n) is 3.25. The van der Waals surface area contributed by atoms with Crippen LogP contribution < -0.4 is 0 Å². The highest BCUT2D eigenvalue weighted by Crippen LogP contribution is 2.24. The Hall–Kier alpha value is -1.82. The summed E-state index contributed by atoms with van der Waals surface area (Å²) < 4.78 is 0. The normalized spacial score (nSPS) is 17.0. The second kappa shape index (κ2) is 6.09. The van der Waals surface area contributed by atoms with Crippen molar-refractivity contribution in [1.82, 2.24) is 9.80 Å². The van der Waals surface area contributed by atoms with Crippen LogP contribution in [0.25, 0.3) is 0 Å². The van der Waals surface area contributed by atoms with Crippen LogP contribution in [0, 0.1) is 5.92 Å². The van der Waals surface area contributed by atoms with E-state index in [1.165, 1.54) is 14.1 Å². The number of urea groups is 1. The zero-order valence-corrected chi connectivity index (χ0v) is 12.2. The first kappa shape index (κ1) is 14.6. The molecule has 1 aliphatic rings. The summed E-state index contributed by atoms with van der Waals surface area (Å²) in [6.45, 7) is 0. The Kier molecular flexibility index (Phi) is 4.44. The molecule has 1 saturated heterocycles. The van der Waals surface area contributed by atoms with Gasteiger partial charge in [-0.1, -0.05) is 18.2 Å². The van der Waals surface area contributed by atoms with Gasteiger partial charge in [0.2, 0.25) is 11.8 Å². The molecule has 0 atom stereocenters. The number of carbonyl (C=O) groups is 3. The minimum absolute atomic E-state index is 0.410. The van der Waals surface area contributed by atoms with E-state index in [-0.39, 0.29) is 0 Å². The van der Waals surface area contributed by atoms with Gasteiger partial charge in [0.1, 0.15) is 5.92 Å². The van der Waals surface area contributed by atoms with Gasteiger partial charge in [0, 0.05) is 19.0 Å². The maximum Gasteiger partial charge on any atom is 0.332 e. The summed E-state index contributed by atoms with van der Waals surface area (Å²) in [5, 5.41) is 0. The number of imide groups is 2. The van der Waals surface area contributed by atoms with Crippen LogP contribution in [-0.4, -0.2) is 47.5 Å². The number of amides is 4. The third kappa shape index (κ3) is 2.85. The SMILES string of the molecule is CN1C(=O)C(CCSc2ccccc2)C(=O)N(C)C1=O. The van der Waals surface area contributed by atoms with Gasteiger partial charge in [0.05, 0.1) is 0 Å². The first-order valence-electron chi connectivity index (χ1n) is 6.29. The maximum absolute atomic E-state index is 12.0. The Morgan fingerprint density at radius 2 is 1.55 bits per heavy atom. The molecule has 1 aromatic carbocycles. The second-order valence-corrected chi connectivity index (χ2v) is 5.75. The summed E-state index contributed by atoms with van der Waals surface area (Å²) in [6, 6.07) is 9.23. The molecule has 0 spiro atoms. The zero-order valence-electron chi connectivity index (χ0n) is 11.4. The van der Waals surface area contributed by atoms with Crippen molar-refractivity contribution in [2.45, 2.75) is 11.3 Å². The van der Waals surface area contributed by atoms with E-state index in [0.717, 1.165) is 14.7 Å². The number of barbiturate groups is 1. The summed E-state index contributed by atoms with van der Waals surface area (Å²) in [5.74, 6) is -0.917. The topological polar surface area (TPSA) is 57.7 Å². The number of rotatable bonds is 4. The Labute approximate surface area is 121 Å². The van der Waals surface area contributed by atoms with Gasteiger partial charge in [-0.3, -0.25) is 19.4 Å². The third-order valence-corrected chi connectivity index (χ3v) is 4.29. The maximum atomic E-state index is 12.0. The number of hydrogen-bond donors (Lipinski definition) is 0. The molecule has 6 heteroatoms. The first-order chi connectivity index (χ1) is 9.52. The highest BCUT2D eigenvalue weighted by molar-refractivity contribution is 7.99. The van der Waals surface area contributed by atoms with Crippen LogP contribution in [0.3, 0.4) is 0 Å². The predicted molar refractivity (Wildman–Crippen MR) is 76.2 cm³/mol. The molecule has 0 N–H and O–H groups in total. The first-order valence-corrected chi connectivity index (χ1v) is 7.28. The van der Waals surface area contributed by atoms with Crippen molar-refractivity contribution in [2.24, 2.45) is 5.92 Å². The van der Waals surface area contributed by atoms with Crippen LogP contribution in [0.2, 0.25) is 0 Å². The van der Waals surface area contributed by atoms with Crippen molar-refractivity contribution in [2.75, 3.05) is 19.8 Å². The standard InChI is InChI=1S/C14H16N2O3S/c1-15-12(17)11(13(18)16(2)14(15)19)8-9-20-10-6-4-3-5-7-10/h3-7,11H,8-9H2,1-2H3. The highest BCUT2D eigenvalue weighted by atomic mass is 32.2. The fraction of sp³-hybridized carbons (Fsp3) is 0.357. The molecule has 20 heavy (non-hydrogen) atoms. The van der Waals surface area contributed by atoms with E-state index in [1.807, 2.05) is 30.3 Å². The van der Waals surface area contributed by atoms with Crippen LogP contribution in [0.5, 0.6) is 0 Å². The van der Waals surface area contributed by atoms with E-state index in [0.29, 0.717) is 12.2 Å².